The zero-order chi connectivity index (χ0) is 8.41. The second kappa shape index (κ2) is 2.89. The molecule has 5 heteroatoms. The molecule has 0 radical (unpaired) electrons. The van der Waals surface area contributed by atoms with Crippen LogP contribution in [0.25, 0.3) is 0 Å². The maximum absolute atomic E-state index is 10.8. The summed E-state index contributed by atoms with van der Waals surface area (Å²) >= 11 is 2.85. The average Bonchev–Trinajstić information content (AvgIpc) is 1.84. The Balaban J connectivity index is 4.92. The molecule has 0 spiro atoms. The molecule has 0 aliphatic carbocycles. The Morgan fingerprint density at radius 2 is 2.10 bits per heavy atom. The summed E-state index contributed by atoms with van der Waals surface area (Å²) in [5, 5.41) is 8.44. The molecule has 0 N–H and O–H groups in total. The molecule has 10 heavy (non-hydrogen) atoms. The highest BCUT2D eigenvalue weighted by atomic mass is 79.9. The smallest absolute Gasteiger partial charge is 0.211 e. The largest absolute Gasteiger partial charge is 0.227 e. The zero-order valence-corrected chi connectivity index (χ0v) is 8.16. The number of sulfone groups is 1. The molecular formula is C5H8BrNO2S. The van der Waals surface area contributed by atoms with Crippen LogP contribution in [0.3, 0.4) is 0 Å². The fraction of sp³-hybridized carbons (Fsp3) is 0.800. The molecule has 0 aliphatic rings. The van der Waals surface area contributed by atoms with E-state index in [0.29, 0.717) is 0 Å². The summed E-state index contributed by atoms with van der Waals surface area (Å²) in [6.45, 7) is 1.64. The van der Waals surface area contributed by atoms with Crippen molar-refractivity contribution in [2.45, 2.75) is 17.0 Å². The van der Waals surface area contributed by atoms with Gasteiger partial charge in [-0.1, -0.05) is 22.9 Å². The van der Waals surface area contributed by atoms with E-state index in [4.69, 9.17) is 5.26 Å². The summed E-state index contributed by atoms with van der Waals surface area (Å²) in [5.41, 5.74) is 0. The van der Waals surface area contributed by atoms with Crippen LogP contribution in [0.5, 0.6) is 0 Å². The summed E-state index contributed by atoms with van der Waals surface area (Å²) in [7, 11) is -3.31. The van der Waals surface area contributed by atoms with Crippen molar-refractivity contribution in [3.05, 3.63) is 0 Å². The fourth-order valence-corrected chi connectivity index (χ4v) is 1.11. The van der Waals surface area contributed by atoms with Crippen molar-refractivity contribution in [2.24, 2.45) is 0 Å². The minimum atomic E-state index is -3.31. The number of nitriles is 1. The summed E-state index contributed by atoms with van der Waals surface area (Å²) in [6, 6.07) is 1.70. The highest BCUT2D eigenvalue weighted by Crippen LogP contribution is 2.27. The third-order valence-corrected chi connectivity index (χ3v) is 5.27. The average molecular weight is 226 g/mol. The van der Waals surface area contributed by atoms with Crippen LogP contribution in [0.1, 0.15) is 13.3 Å². The second-order valence-electron chi connectivity index (χ2n) is 1.97. The topological polar surface area (TPSA) is 57.9 Å². The first-order valence-corrected chi connectivity index (χ1v) is 5.35. The molecule has 1 unspecified atom stereocenters. The van der Waals surface area contributed by atoms with Crippen LogP contribution in [0.15, 0.2) is 0 Å². The summed E-state index contributed by atoms with van der Waals surface area (Å²) in [5.74, 6) is 0. The number of hydrogen-bond acceptors (Lipinski definition) is 3. The van der Waals surface area contributed by atoms with E-state index in [-0.39, 0.29) is 6.42 Å². The van der Waals surface area contributed by atoms with Gasteiger partial charge in [-0.25, -0.2) is 8.42 Å². The van der Waals surface area contributed by atoms with E-state index >= 15 is 0 Å². The van der Waals surface area contributed by atoms with Crippen LogP contribution < -0.4 is 0 Å². The maximum atomic E-state index is 10.8. The van der Waals surface area contributed by atoms with Crippen LogP contribution in [0, 0.1) is 11.3 Å². The Morgan fingerprint density at radius 3 is 2.10 bits per heavy atom. The molecule has 3 nitrogen and oxygen atoms in total. The number of halogens is 1. The van der Waals surface area contributed by atoms with Gasteiger partial charge in [-0.3, -0.25) is 0 Å². The Morgan fingerprint density at radius 1 is 1.70 bits per heavy atom. The molecule has 0 saturated heterocycles. The molecule has 0 bridgehead atoms. The normalized spacial score (nSPS) is 17.4. The fourth-order valence-electron chi connectivity index (χ4n) is 0.424. The Hall–Kier alpha value is -0.0800. The molecule has 0 aromatic rings. The minimum absolute atomic E-state index is 0.252. The first kappa shape index (κ1) is 9.92. The van der Waals surface area contributed by atoms with Crippen LogP contribution in [0.2, 0.25) is 0 Å². The van der Waals surface area contributed by atoms with Gasteiger partial charge in [-0.05, 0) is 6.42 Å². The van der Waals surface area contributed by atoms with Crippen LogP contribution in [-0.4, -0.2) is 18.3 Å². The molecule has 0 heterocycles. The number of nitrogens with zero attached hydrogens (tertiary/aromatic N) is 1. The molecule has 1 atom stereocenters. The molecule has 0 saturated carbocycles. The van der Waals surface area contributed by atoms with Crippen LogP contribution in [0.4, 0.5) is 0 Å². The summed E-state index contributed by atoms with van der Waals surface area (Å²) in [4.78, 5) is 0. The molecule has 0 aromatic heterocycles. The predicted octanol–water partition coefficient (Wildman–Crippen LogP) is 1.06. The van der Waals surface area contributed by atoms with E-state index < -0.39 is 13.5 Å². The Labute approximate surface area is 69.1 Å². The zero-order valence-electron chi connectivity index (χ0n) is 5.76. The van der Waals surface area contributed by atoms with Crippen molar-refractivity contribution in [1.29, 1.82) is 5.26 Å². The van der Waals surface area contributed by atoms with Crippen molar-refractivity contribution in [3.8, 4) is 6.07 Å². The Kier molecular flexibility index (Phi) is 2.86. The number of rotatable bonds is 2. The summed E-state index contributed by atoms with van der Waals surface area (Å²) < 4.78 is 20.3. The SMILES string of the molecule is CCC(Br)(C#N)S(C)(=O)=O. The Bertz CT molecular complexity index is 253. The third-order valence-electron chi connectivity index (χ3n) is 1.21. The lowest BCUT2D eigenvalue weighted by atomic mass is 10.4. The van der Waals surface area contributed by atoms with Gasteiger partial charge in [0.05, 0.1) is 6.07 Å². The van der Waals surface area contributed by atoms with Gasteiger partial charge in [0.25, 0.3) is 0 Å². The van der Waals surface area contributed by atoms with Crippen molar-refractivity contribution in [3.63, 3.8) is 0 Å². The molecule has 58 valence electrons. The van der Waals surface area contributed by atoms with Gasteiger partial charge in [-0.15, -0.1) is 0 Å². The van der Waals surface area contributed by atoms with Gasteiger partial charge >= 0.3 is 0 Å². The van der Waals surface area contributed by atoms with Gasteiger partial charge in [-0.2, -0.15) is 5.26 Å². The molecule has 0 amide bonds. The van der Waals surface area contributed by atoms with Gasteiger partial charge in [0.2, 0.25) is 3.66 Å². The maximum Gasteiger partial charge on any atom is 0.211 e. The lowest BCUT2D eigenvalue weighted by Crippen LogP contribution is -2.27. The van der Waals surface area contributed by atoms with Gasteiger partial charge in [0.15, 0.2) is 9.84 Å². The van der Waals surface area contributed by atoms with E-state index in [1.54, 1.807) is 13.0 Å². The van der Waals surface area contributed by atoms with Gasteiger partial charge in [0.1, 0.15) is 0 Å². The van der Waals surface area contributed by atoms with E-state index in [1.807, 2.05) is 0 Å². The highest BCUT2D eigenvalue weighted by molar-refractivity contribution is 9.11. The first-order chi connectivity index (χ1) is 4.37. The van der Waals surface area contributed by atoms with Crippen molar-refractivity contribution in [2.75, 3.05) is 6.26 Å². The predicted molar refractivity (Wildman–Crippen MR) is 42.4 cm³/mol. The third kappa shape index (κ3) is 1.70. The first-order valence-electron chi connectivity index (χ1n) is 2.67. The molecular weight excluding hydrogens is 218 g/mol. The number of hydrogen-bond donors (Lipinski definition) is 0. The molecule has 0 rings (SSSR count). The van der Waals surface area contributed by atoms with E-state index in [0.717, 1.165) is 6.26 Å². The van der Waals surface area contributed by atoms with Gasteiger partial charge in [0, 0.05) is 6.26 Å². The molecule has 0 fully saturated rings. The lowest BCUT2D eigenvalue weighted by molar-refractivity contribution is 0.590. The van der Waals surface area contributed by atoms with Crippen molar-refractivity contribution >= 4 is 25.8 Å². The number of alkyl halides is 1. The molecule has 0 aromatic carbocycles. The standard InChI is InChI=1S/C5H8BrNO2S/c1-3-5(6,4-7)10(2,8)9/h3H2,1-2H3. The summed E-state index contributed by atoms with van der Waals surface area (Å²) in [6.07, 6.45) is 1.29. The second-order valence-corrected chi connectivity index (χ2v) is 6.09. The monoisotopic (exact) mass is 225 g/mol. The van der Waals surface area contributed by atoms with Crippen LogP contribution >= 0.6 is 15.9 Å². The van der Waals surface area contributed by atoms with Crippen LogP contribution in [-0.2, 0) is 9.84 Å². The van der Waals surface area contributed by atoms with E-state index in [9.17, 15) is 8.42 Å². The van der Waals surface area contributed by atoms with Crippen molar-refractivity contribution in [1.82, 2.24) is 0 Å². The van der Waals surface area contributed by atoms with Crippen molar-refractivity contribution < 1.29 is 8.42 Å². The van der Waals surface area contributed by atoms with Gasteiger partial charge < -0.3 is 0 Å². The minimum Gasteiger partial charge on any atom is -0.227 e. The lowest BCUT2D eigenvalue weighted by Gasteiger charge is -2.13. The quantitative estimate of drug-likeness (QED) is 0.661. The highest BCUT2D eigenvalue weighted by Gasteiger charge is 2.35. The molecule has 0 aliphatic heterocycles. The van der Waals surface area contributed by atoms with E-state index in [2.05, 4.69) is 15.9 Å². The van der Waals surface area contributed by atoms with E-state index in [1.165, 1.54) is 0 Å².